The standard InChI is InChI=1S/C14H28N2O/c1-3-4-8-12(2)16-13(17)14(11-15)9-6-5-7-10-14/h12H,3-11,15H2,1-2H3,(H,16,17). The lowest BCUT2D eigenvalue weighted by Crippen LogP contribution is -2.49. The van der Waals surface area contributed by atoms with Gasteiger partial charge in [0, 0.05) is 12.6 Å². The molecule has 3 N–H and O–H groups in total. The SMILES string of the molecule is CCCCC(C)NC(=O)C1(CN)CCCCC1. The second-order valence-corrected chi connectivity index (χ2v) is 5.56. The molecule has 0 bridgehead atoms. The first-order valence-corrected chi connectivity index (χ1v) is 7.15. The minimum atomic E-state index is -0.265. The maximum absolute atomic E-state index is 12.3. The van der Waals surface area contributed by atoms with Crippen molar-refractivity contribution in [2.45, 2.75) is 71.3 Å². The highest BCUT2D eigenvalue weighted by molar-refractivity contribution is 5.83. The van der Waals surface area contributed by atoms with E-state index in [1.165, 1.54) is 19.3 Å². The quantitative estimate of drug-likeness (QED) is 0.750. The van der Waals surface area contributed by atoms with Crippen molar-refractivity contribution in [1.29, 1.82) is 0 Å². The molecule has 1 fully saturated rings. The Morgan fingerprint density at radius 2 is 2.00 bits per heavy atom. The normalized spacial score (nSPS) is 20.9. The second kappa shape index (κ2) is 7.00. The lowest BCUT2D eigenvalue weighted by molar-refractivity contribution is -0.133. The number of rotatable bonds is 6. The van der Waals surface area contributed by atoms with E-state index in [2.05, 4.69) is 19.2 Å². The van der Waals surface area contributed by atoms with Crippen molar-refractivity contribution in [3.63, 3.8) is 0 Å². The molecule has 0 saturated heterocycles. The van der Waals surface area contributed by atoms with Crippen LogP contribution in [0.5, 0.6) is 0 Å². The molecule has 1 amide bonds. The molecule has 1 atom stereocenters. The first kappa shape index (κ1) is 14.5. The minimum Gasteiger partial charge on any atom is -0.353 e. The van der Waals surface area contributed by atoms with Crippen molar-refractivity contribution in [3.8, 4) is 0 Å². The van der Waals surface area contributed by atoms with Crippen LogP contribution < -0.4 is 11.1 Å². The molecule has 0 aromatic heterocycles. The summed E-state index contributed by atoms with van der Waals surface area (Å²) >= 11 is 0. The number of nitrogens with two attached hydrogens (primary N) is 1. The summed E-state index contributed by atoms with van der Waals surface area (Å²) in [6, 6.07) is 0.285. The summed E-state index contributed by atoms with van der Waals surface area (Å²) in [5.74, 6) is 0.198. The molecule has 1 unspecified atom stereocenters. The molecule has 0 aromatic rings. The largest absolute Gasteiger partial charge is 0.353 e. The van der Waals surface area contributed by atoms with Crippen LogP contribution in [0.25, 0.3) is 0 Å². The summed E-state index contributed by atoms with van der Waals surface area (Å²) in [5.41, 5.74) is 5.59. The summed E-state index contributed by atoms with van der Waals surface area (Å²) in [6.07, 6.45) is 8.91. The number of carbonyl (C=O) groups is 1. The number of amides is 1. The van der Waals surface area contributed by atoms with E-state index in [0.29, 0.717) is 6.54 Å². The first-order chi connectivity index (χ1) is 8.14. The van der Waals surface area contributed by atoms with E-state index in [1.54, 1.807) is 0 Å². The third-order valence-electron chi connectivity index (χ3n) is 4.05. The van der Waals surface area contributed by atoms with Crippen molar-refractivity contribution < 1.29 is 4.79 Å². The Morgan fingerprint density at radius 1 is 1.35 bits per heavy atom. The third-order valence-corrected chi connectivity index (χ3v) is 4.05. The summed E-state index contributed by atoms with van der Waals surface area (Å²) in [7, 11) is 0. The van der Waals surface area contributed by atoms with Gasteiger partial charge in [-0.15, -0.1) is 0 Å². The van der Waals surface area contributed by atoms with Gasteiger partial charge in [0.2, 0.25) is 5.91 Å². The van der Waals surface area contributed by atoms with E-state index < -0.39 is 0 Å². The summed E-state index contributed by atoms with van der Waals surface area (Å²) in [5, 5.41) is 3.16. The van der Waals surface area contributed by atoms with Crippen LogP contribution >= 0.6 is 0 Å². The third kappa shape index (κ3) is 3.98. The molecule has 1 aliphatic rings. The van der Waals surface area contributed by atoms with Gasteiger partial charge in [0.1, 0.15) is 0 Å². The predicted octanol–water partition coefficient (Wildman–Crippen LogP) is 2.59. The fraction of sp³-hybridized carbons (Fsp3) is 0.929. The van der Waals surface area contributed by atoms with Gasteiger partial charge >= 0.3 is 0 Å². The van der Waals surface area contributed by atoms with Gasteiger partial charge in [-0.3, -0.25) is 4.79 Å². The predicted molar refractivity (Wildman–Crippen MR) is 71.7 cm³/mol. The Kier molecular flexibility index (Phi) is 5.96. The Bertz CT molecular complexity index is 234. The topological polar surface area (TPSA) is 55.1 Å². The van der Waals surface area contributed by atoms with Crippen LogP contribution in [0.15, 0.2) is 0 Å². The highest BCUT2D eigenvalue weighted by Gasteiger charge is 2.38. The zero-order chi connectivity index (χ0) is 12.7. The zero-order valence-corrected chi connectivity index (χ0v) is 11.4. The lowest BCUT2D eigenvalue weighted by atomic mass is 9.73. The molecular weight excluding hydrogens is 212 g/mol. The van der Waals surface area contributed by atoms with Gasteiger partial charge in [-0.2, -0.15) is 0 Å². The van der Waals surface area contributed by atoms with E-state index in [0.717, 1.165) is 32.1 Å². The Labute approximate surface area is 106 Å². The van der Waals surface area contributed by atoms with Crippen molar-refractivity contribution in [2.24, 2.45) is 11.1 Å². The average molecular weight is 240 g/mol. The van der Waals surface area contributed by atoms with E-state index in [-0.39, 0.29) is 17.4 Å². The van der Waals surface area contributed by atoms with Gasteiger partial charge in [0.15, 0.2) is 0 Å². The highest BCUT2D eigenvalue weighted by atomic mass is 16.2. The molecule has 3 nitrogen and oxygen atoms in total. The summed E-state index contributed by atoms with van der Waals surface area (Å²) in [6.45, 7) is 4.77. The number of hydrogen-bond donors (Lipinski definition) is 2. The smallest absolute Gasteiger partial charge is 0.227 e. The highest BCUT2D eigenvalue weighted by Crippen LogP contribution is 2.35. The first-order valence-electron chi connectivity index (χ1n) is 7.15. The van der Waals surface area contributed by atoms with Gasteiger partial charge in [0.05, 0.1) is 5.41 Å². The van der Waals surface area contributed by atoms with Gasteiger partial charge in [-0.1, -0.05) is 39.0 Å². The van der Waals surface area contributed by atoms with Crippen LogP contribution in [0.2, 0.25) is 0 Å². The van der Waals surface area contributed by atoms with Crippen molar-refractivity contribution in [1.82, 2.24) is 5.32 Å². The van der Waals surface area contributed by atoms with E-state index in [1.807, 2.05) is 0 Å². The van der Waals surface area contributed by atoms with E-state index in [9.17, 15) is 4.79 Å². The Balaban J connectivity index is 2.48. The molecule has 100 valence electrons. The van der Waals surface area contributed by atoms with Gasteiger partial charge in [-0.25, -0.2) is 0 Å². The number of hydrogen-bond acceptors (Lipinski definition) is 2. The second-order valence-electron chi connectivity index (χ2n) is 5.56. The molecular formula is C14H28N2O. The summed E-state index contributed by atoms with van der Waals surface area (Å²) < 4.78 is 0. The molecule has 1 rings (SSSR count). The molecule has 17 heavy (non-hydrogen) atoms. The fourth-order valence-electron chi connectivity index (χ4n) is 2.71. The van der Waals surface area contributed by atoms with E-state index >= 15 is 0 Å². The lowest BCUT2D eigenvalue weighted by Gasteiger charge is -2.35. The molecule has 0 spiro atoms. The van der Waals surface area contributed by atoms with Crippen LogP contribution in [0, 0.1) is 5.41 Å². The van der Waals surface area contributed by atoms with Crippen LogP contribution in [0.4, 0.5) is 0 Å². The van der Waals surface area contributed by atoms with Crippen LogP contribution in [-0.2, 0) is 4.79 Å². The van der Waals surface area contributed by atoms with Crippen LogP contribution in [-0.4, -0.2) is 18.5 Å². The summed E-state index contributed by atoms with van der Waals surface area (Å²) in [4.78, 5) is 12.3. The molecule has 3 heteroatoms. The fourth-order valence-corrected chi connectivity index (χ4v) is 2.71. The number of unbranched alkanes of at least 4 members (excludes halogenated alkanes) is 1. The van der Waals surface area contributed by atoms with Crippen molar-refractivity contribution >= 4 is 5.91 Å². The molecule has 0 heterocycles. The van der Waals surface area contributed by atoms with Gasteiger partial charge < -0.3 is 11.1 Å². The minimum absolute atomic E-state index is 0.198. The van der Waals surface area contributed by atoms with E-state index in [4.69, 9.17) is 5.73 Å². The molecule has 0 radical (unpaired) electrons. The molecule has 0 aliphatic heterocycles. The maximum atomic E-state index is 12.3. The van der Waals surface area contributed by atoms with Crippen LogP contribution in [0.3, 0.4) is 0 Å². The van der Waals surface area contributed by atoms with Gasteiger partial charge in [0.25, 0.3) is 0 Å². The van der Waals surface area contributed by atoms with Crippen molar-refractivity contribution in [2.75, 3.05) is 6.54 Å². The Morgan fingerprint density at radius 3 is 2.53 bits per heavy atom. The number of carbonyl (C=O) groups excluding carboxylic acids is 1. The number of nitrogens with one attached hydrogen (secondary N) is 1. The monoisotopic (exact) mass is 240 g/mol. The van der Waals surface area contributed by atoms with Gasteiger partial charge in [-0.05, 0) is 26.2 Å². The molecule has 1 saturated carbocycles. The molecule has 0 aromatic carbocycles. The molecule has 1 aliphatic carbocycles. The Hall–Kier alpha value is -0.570. The van der Waals surface area contributed by atoms with Crippen molar-refractivity contribution in [3.05, 3.63) is 0 Å². The van der Waals surface area contributed by atoms with Crippen LogP contribution in [0.1, 0.15) is 65.2 Å². The zero-order valence-electron chi connectivity index (χ0n) is 11.4. The maximum Gasteiger partial charge on any atom is 0.227 e. The average Bonchev–Trinajstić information content (AvgIpc) is 2.37.